The number of nitrogens with one attached hydrogen (secondary N) is 1. The Morgan fingerprint density at radius 2 is 1.83 bits per heavy atom. The van der Waals surface area contributed by atoms with E-state index in [4.69, 9.17) is 10.5 Å². The van der Waals surface area contributed by atoms with Crippen molar-refractivity contribution >= 4 is 29.1 Å². The highest BCUT2D eigenvalue weighted by Gasteiger charge is 2.08. The lowest BCUT2D eigenvalue weighted by Gasteiger charge is -2.06. The van der Waals surface area contributed by atoms with Crippen LogP contribution >= 0.6 is 11.3 Å². The SMILES string of the molecule is NC(=O)c1ccc(COC(=O)CCNC(=O)c2ccsc2)cc1. The molecule has 0 bridgehead atoms. The van der Waals surface area contributed by atoms with Gasteiger partial charge in [0.15, 0.2) is 0 Å². The lowest BCUT2D eigenvalue weighted by molar-refractivity contribution is -0.144. The maximum atomic E-state index is 11.7. The fourth-order valence-corrected chi connectivity index (χ4v) is 2.41. The Morgan fingerprint density at radius 3 is 2.43 bits per heavy atom. The monoisotopic (exact) mass is 332 g/mol. The standard InChI is InChI=1S/C16H16N2O4S/c17-15(20)12-3-1-11(2-4-12)9-22-14(19)5-7-18-16(21)13-6-8-23-10-13/h1-4,6,8,10H,5,7,9H2,(H2,17,20)(H,18,21). The van der Waals surface area contributed by atoms with E-state index in [-0.39, 0.29) is 25.5 Å². The number of hydrogen-bond acceptors (Lipinski definition) is 5. The van der Waals surface area contributed by atoms with Crippen molar-refractivity contribution in [1.82, 2.24) is 5.32 Å². The van der Waals surface area contributed by atoms with Crippen molar-refractivity contribution in [3.05, 3.63) is 57.8 Å². The van der Waals surface area contributed by atoms with Crippen LogP contribution in [0.5, 0.6) is 0 Å². The number of ether oxygens (including phenoxy) is 1. The molecule has 0 aliphatic rings. The van der Waals surface area contributed by atoms with Gasteiger partial charge in [-0.1, -0.05) is 12.1 Å². The lowest BCUT2D eigenvalue weighted by Crippen LogP contribution is -2.26. The van der Waals surface area contributed by atoms with Crippen LogP contribution in [-0.2, 0) is 16.1 Å². The number of rotatable bonds is 7. The van der Waals surface area contributed by atoms with Crippen molar-refractivity contribution in [3.8, 4) is 0 Å². The first-order valence-electron chi connectivity index (χ1n) is 6.91. The summed E-state index contributed by atoms with van der Waals surface area (Å²) >= 11 is 1.43. The molecule has 7 heteroatoms. The molecule has 1 heterocycles. The zero-order valence-electron chi connectivity index (χ0n) is 12.3. The minimum atomic E-state index is -0.505. The van der Waals surface area contributed by atoms with Crippen LogP contribution in [0.3, 0.4) is 0 Å². The molecule has 0 saturated carbocycles. The fraction of sp³-hybridized carbons (Fsp3) is 0.188. The minimum absolute atomic E-state index is 0.0925. The average molecular weight is 332 g/mol. The number of thiophene rings is 1. The van der Waals surface area contributed by atoms with Crippen LogP contribution in [0.1, 0.15) is 32.7 Å². The largest absolute Gasteiger partial charge is 0.461 e. The Morgan fingerprint density at radius 1 is 1.09 bits per heavy atom. The molecule has 0 saturated heterocycles. The van der Waals surface area contributed by atoms with Crippen LogP contribution in [0.15, 0.2) is 41.1 Å². The molecule has 0 spiro atoms. The van der Waals surface area contributed by atoms with E-state index in [0.29, 0.717) is 11.1 Å². The summed E-state index contributed by atoms with van der Waals surface area (Å²) in [6.07, 6.45) is 0.0925. The number of nitrogens with two attached hydrogens (primary N) is 1. The molecule has 2 aromatic rings. The van der Waals surface area contributed by atoms with E-state index < -0.39 is 11.9 Å². The smallest absolute Gasteiger partial charge is 0.307 e. The van der Waals surface area contributed by atoms with E-state index in [0.717, 1.165) is 5.56 Å². The predicted octanol–water partition coefficient (Wildman–Crippen LogP) is 1.71. The van der Waals surface area contributed by atoms with E-state index in [1.807, 2.05) is 5.38 Å². The summed E-state index contributed by atoms with van der Waals surface area (Å²) in [5.74, 6) is -1.12. The molecule has 0 fully saturated rings. The first-order chi connectivity index (χ1) is 11.1. The fourth-order valence-electron chi connectivity index (χ4n) is 1.78. The zero-order chi connectivity index (χ0) is 16.7. The number of hydrogen-bond donors (Lipinski definition) is 2. The summed E-state index contributed by atoms with van der Waals surface area (Å²) in [5, 5.41) is 6.20. The van der Waals surface area contributed by atoms with Gasteiger partial charge in [0, 0.05) is 23.1 Å². The molecule has 1 aromatic heterocycles. The number of esters is 1. The molecule has 0 aliphatic carbocycles. The maximum Gasteiger partial charge on any atom is 0.307 e. The van der Waals surface area contributed by atoms with E-state index >= 15 is 0 Å². The van der Waals surface area contributed by atoms with E-state index in [9.17, 15) is 14.4 Å². The second-order valence-electron chi connectivity index (χ2n) is 4.74. The van der Waals surface area contributed by atoms with E-state index in [1.165, 1.54) is 11.3 Å². The first kappa shape index (κ1) is 16.7. The summed E-state index contributed by atoms with van der Waals surface area (Å²) in [6, 6.07) is 8.21. The van der Waals surface area contributed by atoms with E-state index in [1.54, 1.807) is 35.7 Å². The van der Waals surface area contributed by atoms with Crippen molar-refractivity contribution in [2.24, 2.45) is 5.73 Å². The maximum absolute atomic E-state index is 11.7. The summed E-state index contributed by atoms with van der Waals surface area (Å²) in [5.41, 5.74) is 6.88. The van der Waals surface area contributed by atoms with Gasteiger partial charge in [0.25, 0.3) is 5.91 Å². The molecule has 1 aromatic carbocycles. The van der Waals surface area contributed by atoms with Crippen LogP contribution in [0.4, 0.5) is 0 Å². The molecule has 2 rings (SSSR count). The summed E-state index contributed by atoms with van der Waals surface area (Å²) in [7, 11) is 0. The number of carbonyl (C=O) groups excluding carboxylic acids is 3. The molecule has 2 amide bonds. The molecular weight excluding hydrogens is 316 g/mol. The van der Waals surface area contributed by atoms with Crippen LogP contribution in [-0.4, -0.2) is 24.3 Å². The summed E-state index contributed by atoms with van der Waals surface area (Å²) < 4.78 is 5.10. The van der Waals surface area contributed by atoms with Gasteiger partial charge in [-0.2, -0.15) is 11.3 Å². The number of benzene rings is 1. The third-order valence-electron chi connectivity index (χ3n) is 3.04. The highest BCUT2D eigenvalue weighted by molar-refractivity contribution is 7.08. The Kier molecular flexibility index (Phi) is 5.87. The van der Waals surface area contributed by atoms with Gasteiger partial charge in [0.1, 0.15) is 6.61 Å². The highest BCUT2D eigenvalue weighted by atomic mass is 32.1. The number of primary amides is 1. The van der Waals surface area contributed by atoms with Gasteiger partial charge in [-0.3, -0.25) is 14.4 Å². The third-order valence-corrected chi connectivity index (χ3v) is 3.72. The van der Waals surface area contributed by atoms with Crippen molar-refractivity contribution < 1.29 is 19.1 Å². The van der Waals surface area contributed by atoms with Crippen LogP contribution in [0.2, 0.25) is 0 Å². The topological polar surface area (TPSA) is 98.5 Å². The Bertz CT molecular complexity index is 681. The van der Waals surface area contributed by atoms with Gasteiger partial charge >= 0.3 is 5.97 Å². The quantitative estimate of drug-likeness (QED) is 0.754. The van der Waals surface area contributed by atoms with Crippen LogP contribution in [0.25, 0.3) is 0 Å². The molecule has 0 unspecified atom stereocenters. The van der Waals surface area contributed by atoms with Gasteiger partial charge in [0.2, 0.25) is 5.91 Å². The van der Waals surface area contributed by atoms with Gasteiger partial charge in [-0.25, -0.2) is 0 Å². The lowest BCUT2D eigenvalue weighted by atomic mass is 10.1. The van der Waals surface area contributed by atoms with Gasteiger partial charge in [0.05, 0.1) is 6.42 Å². The average Bonchev–Trinajstić information content (AvgIpc) is 3.07. The van der Waals surface area contributed by atoms with Crippen molar-refractivity contribution in [3.63, 3.8) is 0 Å². The summed E-state index contributed by atoms with van der Waals surface area (Å²) in [6.45, 7) is 0.324. The van der Waals surface area contributed by atoms with Gasteiger partial charge in [-0.15, -0.1) is 0 Å². The molecule has 23 heavy (non-hydrogen) atoms. The second kappa shape index (κ2) is 8.09. The molecule has 0 radical (unpaired) electrons. The van der Waals surface area contributed by atoms with Crippen molar-refractivity contribution in [1.29, 1.82) is 0 Å². The third kappa shape index (κ3) is 5.23. The first-order valence-corrected chi connectivity index (χ1v) is 7.85. The Labute approximate surface area is 137 Å². The molecular formula is C16H16N2O4S. The van der Waals surface area contributed by atoms with Crippen LogP contribution < -0.4 is 11.1 Å². The predicted molar refractivity (Wildman–Crippen MR) is 86.0 cm³/mol. The molecule has 6 nitrogen and oxygen atoms in total. The molecule has 0 aliphatic heterocycles. The Hall–Kier alpha value is -2.67. The van der Waals surface area contributed by atoms with Gasteiger partial charge in [-0.05, 0) is 29.1 Å². The van der Waals surface area contributed by atoms with Gasteiger partial charge < -0.3 is 15.8 Å². The molecule has 120 valence electrons. The highest BCUT2D eigenvalue weighted by Crippen LogP contribution is 2.07. The second-order valence-corrected chi connectivity index (χ2v) is 5.52. The van der Waals surface area contributed by atoms with E-state index in [2.05, 4.69) is 5.32 Å². The number of amides is 2. The molecule has 0 atom stereocenters. The zero-order valence-corrected chi connectivity index (χ0v) is 13.1. The van der Waals surface area contributed by atoms with Crippen molar-refractivity contribution in [2.75, 3.05) is 6.54 Å². The number of carbonyl (C=O) groups is 3. The normalized spacial score (nSPS) is 10.1. The van der Waals surface area contributed by atoms with Crippen LogP contribution in [0, 0.1) is 0 Å². The summed E-state index contributed by atoms with van der Waals surface area (Å²) in [4.78, 5) is 34.2. The molecule has 3 N–H and O–H groups in total. The minimum Gasteiger partial charge on any atom is -0.461 e. The Balaban J connectivity index is 1.68. The van der Waals surface area contributed by atoms with Crippen molar-refractivity contribution in [2.45, 2.75) is 13.0 Å².